The van der Waals surface area contributed by atoms with Crippen LogP contribution >= 0.6 is 0 Å². The number of amides is 2. The molecule has 0 aromatic carbocycles. The number of ether oxygens (including phenoxy) is 1. The van der Waals surface area contributed by atoms with Gasteiger partial charge in [0.1, 0.15) is 12.4 Å². The molecule has 1 unspecified atom stereocenters. The molecular formula is C14H20F2N4O2. The lowest BCUT2D eigenvalue weighted by atomic mass is 10.1. The van der Waals surface area contributed by atoms with Crippen LogP contribution in [0, 0.1) is 0 Å². The Hall–Kier alpha value is -1.83. The zero-order valence-electron chi connectivity index (χ0n) is 12.7. The Bertz CT molecular complexity index is 510. The molecule has 0 saturated carbocycles. The van der Waals surface area contributed by atoms with E-state index in [9.17, 15) is 13.6 Å². The molecule has 1 aromatic rings. The summed E-state index contributed by atoms with van der Waals surface area (Å²) in [6, 6.07) is -0.606. The molecule has 22 heavy (non-hydrogen) atoms. The van der Waals surface area contributed by atoms with Crippen LogP contribution in [-0.4, -0.2) is 53.1 Å². The Morgan fingerprint density at radius 3 is 2.82 bits per heavy atom. The second-order valence-electron chi connectivity index (χ2n) is 5.40. The van der Waals surface area contributed by atoms with Crippen LogP contribution in [0.2, 0.25) is 0 Å². The van der Waals surface area contributed by atoms with Crippen LogP contribution in [0.3, 0.4) is 0 Å². The van der Waals surface area contributed by atoms with Crippen molar-refractivity contribution < 1.29 is 18.3 Å². The first-order chi connectivity index (χ1) is 10.4. The molecule has 1 aliphatic rings. The molecule has 1 saturated heterocycles. The van der Waals surface area contributed by atoms with E-state index < -0.39 is 25.1 Å². The highest BCUT2D eigenvalue weighted by molar-refractivity contribution is 5.89. The minimum atomic E-state index is -3.04. The van der Waals surface area contributed by atoms with E-state index >= 15 is 0 Å². The summed E-state index contributed by atoms with van der Waals surface area (Å²) in [4.78, 5) is 21.4. The number of hydrogen-bond acceptors (Lipinski definition) is 4. The van der Waals surface area contributed by atoms with Crippen LogP contribution in [0.4, 0.5) is 19.3 Å². The van der Waals surface area contributed by atoms with E-state index in [-0.39, 0.29) is 19.1 Å². The smallest absolute Gasteiger partial charge is 0.322 e. The summed E-state index contributed by atoms with van der Waals surface area (Å²) >= 11 is 0. The number of carbonyl (C=O) groups excluding carboxylic acids is 1. The SMILES string of the molecule is CCC(C)c1ncc(NC(=O)N2CCOCC(F)(F)C2)cn1. The molecule has 1 aromatic heterocycles. The van der Waals surface area contributed by atoms with Crippen molar-refractivity contribution in [1.82, 2.24) is 14.9 Å². The number of alkyl halides is 2. The number of carbonyl (C=O) groups is 1. The molecule has 0 bridgehead atoms. The van der Waals surface area contributed by atoms with Crippen molar-refractivity contribution in [3.05, 3.63) is 18.2 Å². The highest BCUT2D eigenvalue weighted by Crippen LogP contribution is 2.19. The number of urea groups is 1. The average Bonchev–Trinajstić information content (AvgIpc) is 2.68. The third kappa shape index (κ3) is 4.33. The van der Waals surface area contributed by atoms with Gasteiger partial charge in [0, 0.05) is 12.5 Å². The molecule has 122 valence electrons. The molecule has 2 heterocycles. The summed E-state index contributed by atoms with van der Waals surface area (Å²) in [7, 11) is 0. The van der Waals surface area contributed by atoms with Crippen LogP contribution in [0.25, 0.3) is 0 Å². The highest BCUT2D eigenvalue weighted by atomic mass is 19.3. The third-order valence-corrected chi connectivity index (χ3v) is 3.50. The van der Waals surface area contributed by atoms with Gasteiger partial charge in [-0.3, -0.25) is 0 Å². The van der Waals surface area contributed by atoms with Gasteiger partial charge in [-0.15, -0.1) is 0 Å². The van der Waals surface area contributed by atoms with E-state index in [0.717, 1.165) is 11.3 Å². The summed E-state index contributed by atoms with van der Waals surface area (Å²) in [6.07, 6.45) is 3.88. The van der Waals surface area contributed by atoms with E-state index in [1.165, 1.54) is 12.4 Å². The minimum Gasteiger partial charge on any atom is -0.373 e. The Kier molecular flexibility index (Phi) is 5.23. The van der Waals surface area contributed by atoms with Gasteiger partial charge in [-0.25, -0.2) is 23.5 Å². The molecule has 1 N–H and O–H groups in total. The van der Waals surface area contributed by atoms with Crippen LogP contribution in [0.5, 0.6) is 0 Å². The van der Waals surface area contributed by atoms with Crippen molar-refractivity contribution in [3.8, 4) is 0 Å². The van der Waals surface area contributed by atoms with Crippen LogP contribution < -0.4 is 5.32 Å². The van der Waals surface area contributed by atoms with Crippen molar-refractivity contribution in [2.24, 2.45) is 0 Å². The molecule has 1 fully saturated rings. The number of rotatable bonds is 3. The molecule has 0 spiro atoms. The van der Waals surface area contributed by atoms with Gasteiger partial charge in [0.15, 0.2) is 0 Å². The van der Waals surface area contributed by atoms with Gasteiger partial charge in [-0.1, -0.05) is 13.8 Å². The van der Waals surface area contributed by atoms with E-state index in [4.69, 9.17) is 4.74 Å². The maximum atomic E-state index is 13.4. The first-order valence-corrected chi connectivity index (χ1v) is 7.24. The zero-order valence-corrected chi connectivity index (χ0v) is 12.7. The first-order valence-electron chi connectivity index (χ1n) is 7.24. The fraction of sp³-hybridized carbons (Fsp3) is 0.643. The Morgan fingerprint density at radius 2 is 2.18 bits per heavy atom. The van der Waals surface area contributed by atoms with E-state index in [0.29, 0.717) is 11.5 Å². The zero-order chi connectivity index (χ0) is 16.2. The van der Waals surface area contributed by atoms with Gasteiger partial charge >= 0.3 is 6.03 Å². The van der Waals surface area contributed by atoms with E-state index in [2.05, 4.69) is 15.3 Å². The van der Waals surface area contributed by atoms with Gasteiger partial charge in [0.2, 0.25) is 0 Å². The predicted molar refractivity (Wildman–Crippen MR) is 77.1 cm³/mol. The summed E-state index contributed by atoms with van der Waals surface area (Å²) in [5.74, 6) is -2.12. The van der Waals surface area contributed by atoms with Crippen molar-refractivity contribution in [2.45, 2.75) is 32.1 Å². The van der Waals surface area contributed by atoms with Gasteiger partial charge in [-0.05, 0) is 6.42 Å². The van der Waals surface area contributed by atoms with Gasteiger partial charge in [-0.2, -0.15) is 0 Å². The topological polar surface area (TPSA) is 67.4 Å². The van der Waals surface area contributed by atoms with Crippen LogP contribution in [0.15, 0.2) is 12.4 Å². The van der Waals surface area contributed by atoms with Crippen LogP contribution in [-0.2, 0) is 4.74 Å². The first kappa shape index (κ1) is 16.5. The third-order valence-electron chi connectivity index (χ3n) is 3.50. The fourth-order valence-electron chi connectivity index (χ4n) is 2.02. The largest absolute Gasteiger partial charge is 0.373 e. The van der Waals surface area contributed by atoms with Crippen molar-refractivity contribution in [2.75, 3.05) is 31.6 Å². The Labute approximate surface area is 127 Å². The molecule has 0 radical (unpaired) electrons. The number of anilines is 1. The molecule has 0 aliphatic carbocycles. The lowest BCUT2D eigenvalue weighted by molar-refractivity contribution is -0.0648. The number of nitrogens with zero attached hydrogens (tertiary/aromatic N) is 3. The quantitative estimate of drug-likeness (QED) is 0.931. The maximum absolute atomic E-state index is 13.4. The Balaban J connectivity index is 1.99. The molecule has 8 heteroatoms. The van der Waals surface area contributed by atoms with Crippen molar-refractivity contribution in [3.63, 3.8) is 0 Å². The summed E-state index contributed by atoms with van der Waals surface area (Å²) in [5, 5.41) is 2.53. The summed E-state index contributed by atoms with van der Waals surface area (Å²) < 4.78 is 31.6. The number of halogens is 2. The predicted octanol–water partition coefficient (Wildman–Crippen LogP) is 2.49. The van der Waals surface area contributed by atoms with E-state index in [1.54, 1.807) is 0 Å². The van der Waals surface area contributed by atoms with Crippen molar-refractivity contribution in [1.29, 1.82) is 0 Å². The highest BCUT2D eigenvalue weighted by Gasteiger charge is 2.36. The minimum absolute atomic E-state index is 0.0897. The van der Waals surface area contributed by atoms with Gasteiger partial charge in [0.25, 0.3) is 5.92 Å². The standard InChI is InChI=1S/C14H20F2N4O2/c1-3-10(2)12-17-6-11(7-18-12)19-13(21)20-4-5-22-9-14(15,16)8-20/h6-7,10H,3-5,8-9H2,1-2H3,(H,19,21). The monoisotopic (exact) mass is 314 g/mol. The maximum Gasteiger partial charge on any atom is 0.322 e. The molecule has 6 nitrogen and oxygen atoms in total. The second kappa shape index (κ2) is 6.95. The molecule has 2 rings (SSSR count). The lowest BCUT2D eigenvalue weighted by Gasteiger charge is -2.23. The Morgan fingerprint density at radius 1 is 1.50 bits per heavy atom. The summed E-state index contributed by atoms with van der Waals surface area (Å²) in [6.45, 7) is 2.92. The number of hydrogen-bond donors (Lipinski definition) is 1. The number of aromatic nitrogens is 2. The van der Waals surface area contributed by atoms with E-state index in [1.807, 2.05) is 13.8 Å². The molecule has 1 atom stereocenters. The lowest BCUT2D eigenvalue weighted by Crippen LogP contribution is -2.43. The number of nitrogens with one attached hydrogen (secondary N) is 1. The normalized spacial score (nSPS) is 19.4. The van der Waals surface area contributed by atoms with Crippen molar-refractivity contribution >= 4 is 11.7 Å². The molecule has 2 amide bonds. The average molecular weight is 314 g/mol. The van der Waals surface area contributed by atoms with Gasteiger partial charge < -0.3 is 15.0 Å². The van der Waals surface area contributed by atoms with Crippen LogP contribution in [0.1, 0.15) is 32.0 Å². The molecule has 1 aliphatic heterocycles. The van der Waals surface area contributed by atoms with Gasteiger partial charge in [0.05, 0.1) is 31.2 Å². The second-order valence-corrected chi connectivity index (χ2v) is 5.40. The molecular weight excluding hydrogens is 294 g/mol. The fourth-order valence-corrected chi connectivity index (χ4v) is 2.02. The summed E-state index contributed by atoms with van der Waals surface area (Å²) in [5.41, 5.74) is 0.380.